The van der Waals surface area contributed by atoms with E-state index in [-0.39, 0.29) is 0 Å². The van der Waals surface area contributed by atoms with Gasteiger partial charge in [-0.2, -0.15) is 0 Å². The minimum absolute atomic E-state index is 0.394. The van der Waals surface area contributed by atoms with Crippen LogP contribution < -0.4 is 19.5 Å². The van der Waals surface area contributed by atoms with Crippen LogP contribution in [0, 0.1) is 0 Å². The summed E-state index contributed by atoms with van der Waals surface area (Å²) in [5.74, 6) is 0.789. The highest BCUT2D eigenvalue weighted by Crippen LogP contribution is 2.25. The molecular formula is C20H21NO6. The predicted octanol–water partition coefficient (Wildman–Crippen LogP) is 2.91. The Morgan fingerprint density at radius 1 is 0.926 bits per heavy atom. The quantitative estimate of drug-likeness (QED) is 0.567. The lowest BCUT2D eigenvalue weighted by Crippen LogP contribution is -2.20. The van der Waals surface area contributed by atoms with E-state index >= 15 is 0 Å². The Kier molecular flexibility index (Phi) is 7.25. The Balaban J connectivity index is 1.86. The van der Waals surface area contributed by atoms with E-state index < -0.39 is 18.5 Å². The molecule has 0 saturated carbocycles. The molecule has 2 aromatic rings. The van der Waals surface area contributed by atoms with E-state index in [0.717, 1.165) is 0 Å². The van der Waals surface area contributed by atoms with Gasteiger partial charge in [0.2, 0.25) is 0 Å². The second-order valence-corrected chi connectivity index (χ2v) is 5.33. The van der Waals surface area contributed by atoms with E-state index in [1.807, 2.05) is 0 Å². The van der Waals surface area contributed by atoms with Gasteiger partial charge in [-0.1, -0.05) is 0 Å². The molecule has 7 nitrogen and oxygen atoms in total. The summed E-state index contributed by atoms with van der Waals surface area (Å²) in [6.45, 7) is -0.394. The van der Waals surface area contributed by atoms with Gasteiger partial charge >= 0.3 is 5.97 Å². The van der Waals surface area contributed by atoms with Crippen LogP contribution in [0.4, 0.5) is 5.69 Å². The van der Waals surface area contributed by atoms with Crippen molar-refractivity contribution in [1.82, 2.24) is 0 Å². The van der Waals surface area contributed by atoms with Crippen molar-refractivity contribution in [3.8, 4) is 17.2 Å². The number of carbonyl (C=O) groups is 2. The van der Waals surface area contributed by atoms with Crippen LogP contribution in [0.15, 0.2) is 48.5 Å². The van der Waals surface area contributed by atoms with Crippen molar-refractivity contribution < 1.29 is 28.5 Å². The van der Waals surface area contributed by atoms with E-state index in [1.54, 1.807) is 62.8 Å². The Morgan fingerprint density at radius 2 is 1.59 bits per heavy atom. The van der Waals surface area contributed by atoms with Crippen molar-refractivity contribution in [3.63, 3.8) is 0 Å². The fourth-order valence-electron chi connectivity index (χ4n) is 2.17. The first kappa shape index (κ1) is 19.8. The molecule has 1 N–H and O–H groups in total. The van der Waals surface area contributed by atoms with Crippen LogP contribution in [0.2, 0.25) is 0 Å². The summed E-state index contributed by atoms with van der Waals surface area (Å²) in [5.41, 5.74) is 1.26. The first-order chi connectivity index (χ1) is 13.0. The van der Waals surface area contributed by atoms with Crippen LogP contribution in [0.25, 0.3) is 6.08 Å². The van der Waals surface area contributed by atoms with Crippen molar-refractivity contribution in [2.24, 2.45) is 0 Å². The second-order valence-electron chi connectivity index (χ2n) is 5.33. The Bertz CT molecular complexity index is 814. The summed E-state index contributed by atoms with van der Waals surface area (Å²) in [7, 11) is 4.63. The maximum absolute atomic E-state index is 11.8. The first-order valence-corrected chi connectivity index (χ1v) is 8.06. The number of esters is 1. The molecule has 2 rings (SSSR count). The molecule has 0 radical (unpaired) electrons. The molecule has 0 spiro atoms. The maximum atomic E-state index is 11.8. The Hall–Kier alpha value is -3.48. The van der Waals surface area contributed by atoms with E-state index in [0.29, 0.717) is 28.5 Å². The number of hydrogen-bond donors (Lipinski definition) is 1. The summed E-state index contributed by atoms with van der Waals surface area (Å²) < 4.78 is 20.3. The van der Waals surface area contributed by atoms with Gasteiger partial charge in [-0.05, 0) is 42.5 Å². The van der Waals surface area contributed by atoms with E-state index in [4.69, 9.17) is 18.9 Å². The summed E-state index contributed by atoms with van der Waals surface area (Å²) in [5, 5.41) is 2.62. The van der Waals surface area contributed by atoms with E-state index in [1.165, 1.54) is 13.2 Å². The number of anilines is 1. The number of rotatable bonds is 8. The zero-order valence-corrected chi connectivity index (χ0v) is 15.4. The highest BCUT2D eigenvalue weighted by molar-refractivity contribution is 5.94. The van der Waals surface area contributed by atoms with Crippen molar-refractivity contribution in [2.45, 2.75) is 0 Å². The number of amides is 1. The molecule has 7 heteroatoms. The van der Waals surface area contributed by atoms with Crippen LogP contribution in [0.3, 0.4) is 0 Å². The summed E-state index contributed by atoms with van der Waals surface area (Å²) >= 11 is 0. The fourth-order valence-corrected chi connectivity index (χ4v) is 2.17. The molecule has 0 fully saturated rings. The van der Waals surface area contributed by atoms with Gasteiger partial charge in [0.25, 0.3) is 5.91 Å². The lowest BCUT2D eigenvalue weighted by Gasteiger charge is -2.07. The van der Waals surface area contributed by atoms with Gasteiger partial charge in [0.1, 0.15) is 17.2 Å². The molecule has 1 amide bonds. The van der Waals surface area contributed by atoms with Gasteiger partial charge in [-0.3, -0.25) is 4.79 Å². The van der Waals surface area contributed by atoms with Gasteiger partial charge in [0.05, 0.1) is 21.3 Å². The standard InChI is InChI=1S/C20H21NO6/c1-24-16-9-6-15(7-10-16)21-19(22)13-27-20(23)11-5-14-4-8-17(25-2)12-18(14)26-3/h4-12H,13H2,1-3H3,(H,21,22). The average molecular weight is 371 g/mol. The van der Waals surface area contributed by atoms with Crippen LogP contribution in [-0.4, -0.2) is 39.8 Å². The number of hydrogen-bond acceptors (Lipinski definition) is 6. The van der Waals surface area contributed by atoms with Gasteiger partial charge in [0, 0.05) is 23.4 Å². The molecule has 0 aliphatic carbocycles. The lowest BCUT2D eigenvalue weighted by atomic mass is 10.2. The lowest BCUT2D eigenvalue weighted by molar-refractivity contribution is -0.142. The third-order valence-corrected chi connectivity index (χ3v) is 3.56. The molecule has 0 saturated heterocycles. The molecule has 0 aromatic heterocycles. The van der Waals surface area contributed by atoms with Crippen LogP contribution in [0.5, 0.6) is 17.2 Å². The van der Waals surface area contributed by atoms with Gasteiger partial charge in [0.15, 0.2) is 6.61 Å². The molecule has 0 bridgehead atoms. The molecule has 0 atom stereocenters. The van der Waals surface area contributed by atoms with E-state index in [9.17, 15) is 9.59 Å². The number of nitrogens with one attached hydrogen (secondary N) is 1. The fraction of sp³-hybridized carbons (Fsp3) is 0.200. The summed E-state index contributed by atoms with van der Waals surface area (Å²) in [6, 6.07) is 12.0. The van der Waals surface area contributed by atoms with E-state index in [2.05, 4.69) is 5.32 Å². The second kappa shape index (κ2) is 9.86. The van der Waals surface area contributed by atoms with Crippen molar-refractivity contribution in [1.29, 1.82) is 0 Å². The molecule has 2 aromatic carbocycles. The van der Waals surface area contributed by atoms with Crippen molar-refractivity contribution in [3.05, 3.63) is 54.1 Å². The van der Waals surface area contributed by atoms with Crippen molar-refractivity contribution >= 4 is 23.6 Å². The molecular weight excluding hydrogens is 350 g/mol. The zero-order valence-electron chi connectivity index (χ0n) is 15.4. The van der Waals surface area contributed by atoms with Gasteiger partial charge in [-0.15, -0.1) is 0 Å². The largest absolute Gasteiger partial charge is 0.497 e. The van der Waals surface area contributed by atoms with Crippen LogP contribution in [0.1, 0.15) is 5.56 Å². The number of benzene rings is 2. The monoisotopic (exact) mass is 371 g/mol. The third kappa shape index (κ3) is 6.07. The SMILES string of the molecule is COc1ccc(NC(=O)COC(=O)C=Cc2ccc(OC)cc2OC)cc1. The summed E-state index contributed by atoms with van der Waals surface area (Å²) in [4.78, 5) is 23.6. The highest BCUT2D eigenvalue weighted by atomic mass is 16.5. The third-order valence-electron chi connectivity index (χ3n) is 3.56. The predicted molar refractivity (Wildman–Crippen MR) is 101 cm³/mol. The zero-order chi connectivity index (χ0) is 19.6. The summed E-state index contributed by atoms with van der Waals surface area (Å²) in [6.07, 6.45) is 2.77. The van der Waals surface area contributed by atoms with Gasteiger partial charge in [-0.25, -0.2) is 4.79 Å². The smallest absolute Gasteiger partial charge is 0.331 e. The number of methoxy groups -OCH3 is 3. The van der Waals surface area contributed by atoms with Gasteiger partial charge < -0.3 is 24.3 Å². The topological polar surface area (TPSA) is 83.1 Å². The number of ether oxygens (including phenoxy) is 4. The Labute approximate surface area is 157 Å². The highest BCUT2D eigenvalue weighted by Gasteiger charge is 2.07. The minimum atomic E-state index is -0.641. The molecule has 0 unspecified atom stereocenters. The molecule has 142 valence electrons. The molecule has 27 heavy (non-hydrogen) atoms. The van der Waals surface area contributed by atoms with Crippen LogP contribution >= 0.6 is 0 Å². The first-order valence-electron chi connectivity index (χ1n) is 8.06. The Morgan fingerprint density at radius 3 is 2.22 bits per heavy atom. The number of carbonyl (C=O) groups excluding carboxylic acids is 2. The maximum Gasteiger partial charge on any atom is 0.331 e. The van der Waals surface area contributed by atoms with Crippen molar-refractivity contribution in [2.75, 3.05) is 33.3 Å². The normalized spacial score (nSPS) is 10.3. The average Bonchev–Trinajstić information content (AvgIpc) is 2.71. The molecule has 0 aliphatic heterocycles. The van der Waals surface area contributed by atoms with Crippen LogP contribution in [-0.2, 0) is 14.3 Å². The minimum Gasteiger partial charge on any atom is -0.497 e. The molecule has 0 aliphatic rings. The molecule has 0 heterocycles.